The second-order valence-electron chi connectivity index (χ2n) is 13.4. The highest BCUT2D eigenvalue weighted by Gasteiger charge is 2.23. The van der Waals surface area contributed by atoms with Crippen LogP contribution in [-0.4, -0.2) is 48.2 Å². The van der Waals surface area contributed by atoms with Crippen LogP contribution >= 0.6 is 0 Å². The molecule has 0 aliphatic rings. The van der Waals surface area contributed by atoms with Gasteiger partial charge in [0, 0.05) is 10.4 Å². The van der Waals surface area contributed by atoms with E-state index in [1.807, 2.05) is 0 Å². The molecule has 0 fully saturated rings. The summed E-state index contributed by atoms with van der Waals surface area (Å²) < 4.78 is 35.5. The fraction of sp³-hybridized carbons (Fsp3) is 1.00. The smallest absolute Gasteiger partial charge is 0.0786 e. The number of nitrogens with zero attached hydrogens (tertiary/aromatic N) is 1. The van der Waals surface area contributed by atoms with Gasteiger partial charge in [0.25, 0.3) is 0 Å². The molecule has 43 heavy (non-hydrogen) atoms. The van der Waals surface area contributed by atoms with Gasteiger partial charge in [-0.2, -0.15) is 0 Å². The first-order valence-corrected chi connectivity index (χ1v) is 20.6. The van der Waals surface area contributed by atoms with Crippen LogP contribution in [0.15, 0.2) is 0 Å². The van der Waals surface area contributed by atoms with Crippen molar-refractivity contribution >= 4 is 10.4 Å². The molecule has 0 saturated carbocycles. The zero-order valence-electron chi connectivity index (χ0n) is 29.8. The molecule has 0 spiro atoms. The van der Waals surface area contributed by atoms with Gasteiger partial charge in [-0.25, -0.2) is 0 Å². The molecule has 5 nitrogen and oxygen atoms in total. The van der Waals surface area contributed by atoms with Crippen LogP contribution in [0.3, 0.4) is 0 Å². The number of unbranched alkanes of at least 4 members (excludes halogenated alkanes) is 26. The van der Waals surface area contributed by atoms with E-state index in [-0.39, 0.29) is 0 Å². The van der Waals surface area contributed by atoms with Gasteiger partial charge in [0.1, 0.15) is 0 Å². The molecule has 0 aromatic rings. The van der Waals surface area contributed by atoms with E-state index in [4.69, 9.17) is 17.5 Å². The first kappa shape index (κ1) is 45.0. The third-order valence-electron chi connectivity index (χ3n) is 9.34. The Morgan fingerprint density at radius 3 is 0.744 bits per heavy atom. The largest absolute Gasteiger partial charge is 0.759 e. The van der Waals surface area contributed by atoms with Crippen LogP contribution in [0, 0.1) is 0 Å². The van der Waals surface area contributed by atoms with E-state index < -0.39 is 10.4 Å². The standard InChI is InChI=1S/C37H78N.H2O4S/c1-5-9-11-13-15-17-19-21-23-25-27-29-31-33-36-38(8-4,35-7-3)37-34-32-30-28-26-24-22-20-18-16-14-12-10-6-2;1-5(2,3)4/h5-37H2,1-4H3;(H2,1,2,3,4)/q+1;/p-2. The molecule has 0 N–H and O–H groups in total. The van der Waals surface area contributed by atoms with Crippen molar-refractivity contribution in [2.45, 2.75) is 214 Å². The highest BCUT2D eigenvalue weighted by atomic mass is 32.3. The van der Waals surface area contributed by atoms with E-state index in [2.05, 4.69) is 27.7 Å². The summed E-state index contributed by atoms with van der Waals surface area (Å²) in [7, 11) is -5.17. The summed E-state index contributed by atoms with van der Waals surface area (Å²) in [6, 6.07) is 0. The van der Waals surface area contributed by atoms with Crippen LogP contribution in [0.5, 0.6) is 0 Å². The van der Waals surface area contributed by atoms with Crippen LogP contribution in [0.2, 0.25) is 0 Å². The van der Waals surface area contributed by atoms with Gasteiger partial charge in [-0.15, -0.1) is 0 Å². The van der Waals surface area contributed by atoms with Crippen molar-refractivity contribution in [1.82, 2.24) is 0 Å². The Labute approximate surface area is 271 Å². The highest BCUT2D eigenvalue weighted by molar-refractivity contribution is 7.79. The highest BCUT2D eigenvalue weighted by Crippen LogP contribution is 2.18. The molecule has 0 aromatic heterocycles. The fourth-order valence-corrected chi connectivity index (χ4v) is 6.57. The van der Waals surface area contributed by atoms with Crippen molar-refractivity contribution in [3.63, 3.8) is 0 Å². The molecule has 0 rings (SSSR count). The van der Waals surface area contributed by atoms with Crippen LogP contribution in [0.25, 0.3) is 0 Å². The summed E-state index contributed by atoms with van der Waals surface area (Å²) in [5.41, 5.74) is 0. The summed E-state index contributed by atoms with van der Waals surface area (Å²) in [5.74, 6) is 0. The first-order valence-electron chi connectivity index (χ1n) is 19.3. The number of hydrogen-bond donors (Lipinski definition) is 0. The average molecular weight is 633 g/mol. The Kier molecular flexibility index (Phi) is 36.3. The van der Waals surface area contributed by atoms with E-state index >= 15 is 0 Å². The summed E-state index contributed by atoms with van der Waals surface area (Å²) in [5, 5.41) is 0. The lowest BCUT2D eigenvalue weighted by atomic mass is 10.0. The summed E-state index contributed by atoms with van der Waals surface area (Å²) in [4.78, 5) is 0. The number of hydrogen-bond acceptors (Lipinski definition) is 4. The quantitative estimate of drug-likeness (QED) is 0.0312. The lowest BCUT2D eigenvalue weighted by molar-refractivity contribution is -0.927. The van der Waals surface area contributed by atoms with Crippen molar-refractivity contribution in [3.8, 4) is 0 Å². The van der Waals surface area contributed by atoms with Crippen molar-refractivity contribution in [1.29, 1.82) is 0 Å². The maximum absolute atomic E-state index is 8.52. The van der Waals surface area contributed by atoms with Gasteiger partial charge < -0.3 is 13.6 Å². The van der Waals surface area contributed by atoms with E-state index in [0.717, 1.165) is 0 Å². The predicted molar refractivity (Wildman–Crippen MR) is 187 cm³/mol. The topological polar surface area (TPSA) is 80.3 Å². The zero-order chi connectivity index (χ0) is 32.3. The third-order valence-corrected chi connectivity index (χ3v) is 9.34. The van der Waals surface area contributed by atoms with Crippen molar-refractivity contribution in [3.05, 3.63) is 0 Å². The van der Waals surface area contributed by atoms with E-state index in [1.165, 1.54) is 217 Å². The Balaban J connectivity index is 0. The van der Waals surface area contributed by atoms with Gasteiger partial charge in [0.15, 0.2) is 0 Å². The lowest BCUT2D eigenvalue weighted by Gasteiger charge is -2.38. The van der Waals surface area contributed by atoms with Crippen molar-refractivity contribution < 1.29 is 22.0 Å². The molecule has 0 heterocycles. The number of rotatable bonds is 33. The first-order chi connectivity index (χ1) is 20.7. The van der Waals surface area contributed by atoms with E-state index in [9.17, 15) is 0 Å². The van der Waals surface area contributed by atoms with Gasteiger partial charge in [0.05, 0.1) is 26.2 Å². The van der Waals surface area contributed by atoms with Gasteiger partial charge in [-0.3, -0.25) is 8.42 Å². The number of quaternary nitrogens is 1. The SMILES string of the molecule is CCCCCCCCCCCCCCCC[N+](CC)(CCC)CCCCCCCCCCCCCCCC.O=S(=O)([O-])[O-]. The van der Waals surface area contributed by atoms with Crippen molar-refractivity contribution in [2.75, 3.05) is 26.2 Å². The van der Waals surface area contributed by atoms with Crippen LogP contribution in [0.1, 0.15) is 214 Å². The second kappa shape index (κ2) is 34.7. The molecule has 0 aromatic carbocycles. The average Bonchev–Trinajstić information content (AvgIpc) is 2.96. The van der Waals surface area contributed by atoms with Gasteiger partial charge in [-0.05, 0) is 39.0 Å². The minimum Gasteiger partial charge on any atom is -0.759 e. The van der Waals surface area contributed by atoms with Gasteiger partial charge >= 0.3 is 0 Å². The molecule has 0 bridgehead atoms. The summed E-state index contributed by atoms with van der Waals surface area (Å²) in [6.07, 6.45) is 42.5. The molecule has 0 radical (unpaired) electrons. The predicted octanol–water partition coefficient (Wildman–Crippen LogP) is 11.9. The van der Waals surface area contributed by atoms with Crippen LogP contribution in [-0.2, 0) is 10.4 Å². The van der Waals surface area contributed by atoms with Crippen molar-refractivity contribution in [2.24, 2.45) is 0 Å². The molecule has 0 aliphatic heterocycles. The second-order valence-corrected chi connectivity index (χ2v) is 14.2. The Morgan fingerprint density at radius 2 is 0.558 bits per heavy atom. The van der Waals surface area contributed by atoms with Crippen LogP contribution < -0.4 is 0 Å². The molecule has 0 unspecified atom stereocenters. The monoisotopic (exact) mass is 633 g/mol. The van der Waals surface area contributed by atoms with Gasteiger partial charge in [0.2, 0.25) is 0 Å². The maximum Gasteiger partial charge on any atom is 0.0786 e. The Bertz CT molecular complexity index is 586. The molecule has 0 atom stereocenters. The molecule has 0 aliphatic carbocycles. The normalized spacial score (nSPS) is 12.0. The molecule has 6 heteroatoms. The molecular weight excluding hydrogens is 554 g/mol. The lowest BCUT2D eigenvalue weighted by Crippen LogP contribution is -2.49. The summed E-state index contributed by atoms with van der Waals surface area (Å²) in [6.45, 7) is 15.1. The van der Waals surface area contributed by atoms with Crippen LogP contribution in [0.4, 0.5) is 0 Å². The fourth-order valence-electron chi connectivity index (χ4n) is 6.57. The Hall–Kier alpha value is -0.170. The molecule has 262 valence electrons. The summed E-state index contributed by atoms with van der Waals surface area (Å²) >= 11 is 0. The van der Waals surface area contributed by atoms with E-state index in [0.29, 0.717) is 0 Å². The van der Waals surface area contributed by atoms with Gasteiger partial charge in [-0.1, -0.05) is 175 Å². The zero-order valence-corrected chi connectivity index (χ0v) is 30.6. The van der Waals surface area contributed by atoms with E-state index in [1.54, 1.807) is 0 Å². The Morgan fingerprint density at radius 1 is 0.349 bits per heavy atom. The minimum atomic E-state index is -5.17. The maximum atomic E-state index is 8.52. The minimum absolute atomic E-state index is 1.35. The molecule has 0 amide bonds. The third kappa shape index (κ3) is 39.8. The molecular formula is C37H78NO4S-. The molecule has 0 saturated heterocycles.